The summed E-state index contributed by atoms with van der Waals surface area (Å²) in [6.45, 7) is 6.57. The molecule has 0 aromatic rings. The second-order valence-electron chi connectivity index (χ2n) is 3.76. The number of rotatable bonds is 2. The van der Waals surface area contributed by atoms with Crippen LogP contribution in [0.25, 0.3) is 0 Å². The summed E-state index contributed by atoms with van der Waals surface area (Å²) in [6.07, 6.45) is 1.89. The standard InChI is InChI=1S/C7H18N2/c1-7(2,3)5-4-6(8)9/h6H,4-5,8-9H2,1-3H3. The van der Waals surface area contributed by atoms with Crippen molar-refractivity contribution in [3.63, 3.8) is 0 Å². The van der Waals surface area contributed by atoms with E-state index >= 15 is 0 Å². The van der Waals surface area contributed by atoms with Gasteiger partial charge in [-0.25, -0.2) is 0 Å². The van der Waals surface area contributed by atoms with Crippen LogP contribution in [-0.2, 0) is 0 Å². The lowest BCUT2D eigenvalue weighted by Crippen LogP contribution is -2.31. The zero-order valence-electron chi connectivity index (χ0n) is 6.65. The van der Waals surface area contributed by atoms with Gasteiger partial charge >= 0.3 is 0 Å². The molecule has 0 heterocycles. The molecule has 0 saturated heterocycles. The smallest absolute Gasteiger partial charge is 0.0521 e. The van der Waals surface area contributed by atoms with Crippen LogP contribution in [0.4, 0.5) is 0 Å². The maximum Gasteiger partial charge on any atom is 0.0521 e. The minimum absolute atomic E-state index is 0.135. The SMILES string of the molecule is CC(C)(C)CCC(N)N. The van der Waals surface area contributed by atoms with Gasteiger partial charge in [-0.05, 0) is 18.3 Å². The Morgan fingerprint density at radius 3 is 1.78 bits per heavy atom. The van der Waals surface area contributed by atoms with Crippen molar-refractivity contribution in [1.29, 1.82) is 0 Å². The molecule has 0 spiro atoms. The highest BCUT2D eigenvalue weighted by Crippen LogP contribution is 2.20. The summed E-state index contributed by atoms with van der Waals surface area (Å²) in [5.41, 5.74) is 11.1. The Morgan fingerprint density at radius 2 is 1.67 bits per heavy atom. The molecule has 9 heavy (non-hydrogen) atoms. The van der Waals surface area contributed by atoms with Crippen LogP contribution < -0.4 is 11.5 Å². The molecule has 2 heteroatoms. The lowest BCUT2D eigenvalue weighted by atomic mass is 9.90. The molecule has 0 fully saturated rings. The predicted molar refractivity (Wildman–Crippen MR) is 40.9 cm³/mol. The van der Waals surface area contributed by atoms with Gasteiger partial charge in [0.15, 0.2) is 0 Å². The van der Waals surface area contributed by atoms with Crippen molar-refractivity contribution < 1.29 is 0 Å². The molecule has 0 amide bonds. The van der Waals surface area contributed by atoms with Crippen molar-refractivity contribution in [2.45, 2.75) is 39.8 Å². The molecule has 0 aliphatic carbocycles. The lowest BCUT2D eigenvalue weighted by Gasteiger charge is -2.18. The Kier molecular flexibility index (Phi) is 3.15. The van der Waals surface area contributed by atoms with Gasteiger partial charge in [0.25, 0.3) is 0 Å². The first-order chi connectivity index (χ1) is 3.92. The van der Waals surface area contributed by atoms with E-state index in [2.05, 4.69) is 20.8 Å². The molecular weight excluding hydrogens is 112 g/mol. The molecule has 0 atom stereocenters. The molecule has 2 nitrogen and oxygen atoms in total. The van der Waals surface area contributed by atoms with E-state index in [1.54, 1.807) is 0 Å². The van der Waals surface area contributed by atoms with E-state index in [9.17, 15) is 0 Å². The third kappa shape index (κ3) is 7.92. The van der Waals surface area contributed by atoms with Crippen LogP contribution in [0.3, 0.4) is 0 Å². The van der Waals surface area contributed by atoms with Gasteiger partial charge in [-0.15, -0.1) is 0 Å². The monoisotopic (exact) mass is 130 g/mol. The van der Waals surface area contributed by atoms with Gasteiger partial charge in [0.1, 0.15) is 0 Å². The van der Waals surface area contributed by atoms with Crippen LogP contribution >= 0.6 is 0 Å². The molecule has 0 aromatic carbocycles. The highest BCUT2D eigenvalue weighted by Gasteiger charge is 2.10. The van der Waals surface area contributed by atoms with E-state index in [0.29, 0.717) is 5.41 Å². The molecule has 0 bridgehead atoms. The Hall–Kier alpha value is -0.0800. The van der Waals surface area contributed by atoms with Crippen molar-refractivity contribution in [3.8, 4) is 0 Å². The molecular formula is C7H18N2. The number of nitrogens with two attached hydrogens (primary N) is 2. The quantitative estimate of drug-likeness (QED) is 0.549. The minimum atomic E-state index is -0.135. The predicted octanol–water partition coefficient (Wildman–Crippen LogP) is 1.06. The van der Waals surface area contributed by atoms with Crippen LogP contribution in [0.15, 0.2) is 0 Å². The highest BCUT2D eigenvalue weighted by atomic mass is 14.8. The lowest BCUT2D eigenvalue weighted by molar-refractivity contribution is 0.350. The van der Waals surface area contributed by atoms with E-state index in [4.69, 9.17) is 11.5 Å². The van der Waals surface area contributed by atoms with Gasteiger partial charge in [-0.1, -0.05) is 20.8 Å². The summed E-state index contributed by atoms with van der Waals surface area (Å²) in [7, 11) is 0. The van der Waals surface area contributed by atoms with Gasteiger partial charge in [-0.3, -0.25) is 0 Å². The Balaban J connectivity index is 3.28. The fourth-order valence-electron chi connectivity index (χ4n) is 0.600. The van der Waals surface area contributed by atoms with Crippen LogP contribution in [-0.4, -0.2) is 6.17 Å². The van der Waals surface area contributed by atoms with Gasteiger partial charge in [0.05, 0.1) is 6.17 Å². The zero-order chi connectivity index (χ0) is 7.49. The van der Waals surface area contributed by atoms with E-state index in [1.807, 2.05) is 0 Å². The third-order valence-electron chi connectivity index (χ3n) is 1.23. The highest BCUT2D eigenvalue weighted by molar-refractivity contribution is 4.63. The summed E-state index contributed by atoms with van der Waals surface area (Å²) >= 11 is 0. The zero-order valence-corrected chi connectivity index (χ0v) is 6.65. The van der Waals surface area contributed by atoms with Crippen molar-refractivity contribution in [2.24, 2.45) is 16.9 Å². The van der Waals surface area contributed by atoms with Crippen LogP contribution in [0.2, 0.25) is 0 Å². The molecule has 0 aliphatic heterocycles. The molecule has 0 saturated carbocycles. The fourth-order valence-corrected chi connectivity index (χ4v) is 0.600. The van der Waals surface area contributed by atoms with Crippen molar-refractivity contribution in [1.82, 2.24) is 0 Å². The van der Waals surface area contributed by atoms with Crippen LogP contribution in [0.1, 0.15) is 33.6 Å². The normalized spacial score (nSPS) is 12.7. The average Bonchev–Trinajstić information content (AvgIpc) is 1.59. The van der Waals surface area contributed by atoms with Gasteiger partial charge < -0.3 is 11.5 Å². The van der Waals surface area contributed by atoms with E-state index in [1.165, 1.54) is 0 Å². The molecule has 4 N–H and O–H groups in total. The molecule has 0 unspecified atom stereocenters. The van der Waals surface area contributed by atoms with E-state index in [0.717, 1.165) is 12.8 Å². The van der Waals surface area contributed by atoms with Crippen molar-refractivity contribution in [3.05, 3.63) is 0 Å². The topological polar surface area (TPSA) is 52.0 Å². The number of hydrogen-bond donors (Lipinski definition) is 2. The Morgan fingerprint density at radius 1 is 1.22 bits per heavy atom. The molecule has 0 rings (SSSR count). The molecule has 56 valence electrons. The second-order valence-corrected chi connectivity index (χ2v) is 3.76. The Bertz CT molecular complexity index is 71.5. The summed E-state index contributed by atoms with van der Waals surface area (Å²) in [4.78, 5) is 0. The maximum absolute atomic E-state index is 5.38. The van der Waals surface area contributed by atoms with Crippen molar-refractivity contribution in [2.75, 3.05) is 0 Å². The van der Waals surface area contributed by atoms with Crippen molar-refractivity contribution >= 4 is 0 Å². The first-order valence-corrected chi connectivity index (χ1v) is 3.43. The molecule has 0 aliphatic rings. The summed E-state index contributed by atoms with van der Waals surface area (Å²) in [5, 5.41) is 0. The average molecular weight is 130 g/mol. The summed E-state index contributed by atoms with van der Waals surface area (Å²) in [5.74, 6) is 0. The summed E-state index contributed by atoms with van der Waals surface area (Å²) < 4.78 is 0. The van der Waals surface area contributed by atoms with Crippen LogP contribution in [0, 0.1) is 5.41 Å². The largest absolute Gasteiger partial charge is 0.316 e. The molecule has 0 radical (unpaired) electrons. The van der Waals surface area contributed by atoms with Crippen LogP contribution in [0.5, 0.6) is 0 Å². The number of hydrogen-bond acceptors (Lipinski definition) is 2. The van der Waals surface area contributed by atoms with Gasteiger partial charge in [0.2, 0.25) is 0 Å². The minimum Gasteiger partial charge on any atom is -0.316 e. The maximum atomic E-state index is 5.38. The van der Waals surface area contributed by atoms with E-state index < -0.39 is 0 Å². The second kappa shape index (κ2) is 3.18. The van der Waals surface area contributed by atoms with Gasteiger partial charge in [-0.2, -0.15) is 0 Å². The van der Waals surface area contributed by atoms with E-state index in [-0.39, 0.29) is 6.17 Å². The first-order valence-electron chi connectivity index (χ1n) is 3.43. The summed E-state index contributed by atoms with van der Waals surface area (Å²) in [6, 6.07) is 0. The first kappa shape index (κ1) is 8.92. The third-order valence-corrected chi connectivity index (χ3v) is 1.23. The Labute approximate surface area is 57.6 Å². The fraction of sp³-hybridized carbons (Fsp3) is 1.00. The molecule has 0 aromatic heterocycles. The van der Waals surface area contributed by atoms with Gasteiger partial charge in [0, 0.05) is 0 Å².